The van der Waals surface area contributed by atoms with E-state index >= 15 is 0 Å². The van der Waals surface area contributed by atoms with Crippen molar-refractivity contribution in [2.75, 3.05) is 19.5 Å². The Bertz CT molecular complexity index is 813. The zero-order chi connectivity index (χ0) is 19.3. The SMILES string of the molecule is COc1cccc(OC)c1/C=C/C(=O)Nc1cc(C(F)(F)F)ccc1Cl. The van der Waals surface area contributed by atoms with Crippen LogP contribution in [-0.2, 0) is 11.0 Å². The van der Waals surface area contributed by atoms with Crippen molar-refractivity contribution in [3.63, 3.8) is 0 Å². The average Bonchev–Trinajstić information content (AvgIpc) is 2.60. The van der Waals surface area contributed by atoms with E-state index in [9.17, 15) is 18.0 Å². The number of rotatable bonds is 5. The molecule has 0 aromatic heterocycles. The molecule has 0 heterocycles. The van der Waals surface area contributed by atoms with Gasteiger partial charge in [0.1, 0.15) is 11.5 Å². The van der Waals surface area contributed by atoms with Gasteiger partial charge in [-0.05, 0) is 36.4 Å². The molecule has 0 saturated carbocycles. The number of anilines is 1. The Hall–Kier alpha value is -2.67. The fraction of sp³-hybridized carbons (Fsp3) is 0.167. The maximum atomic E-state index is 12.8. The summed E-state index contributed by atoms with van der Waals surface area (Å²) in [5.74, 6) is 0.301. The van der Waals surface area contributed by atoms with Gasteiger partial charge in [-0.3, -0.25) is 4.79 Å². The van der Waals surface area contributed by atoms with Gasteiger partial charge in [0, 0.05) is 6.08 Å². The highest BCUT2D eigenvalue weighted by atomic mass is 35.5. The fourth-order valence-corrected chi connectivity index (χ4v) is 2.34. The molecule has 0 spiro atoms. The number of carbonyl (C=O) groups is 1. The van der Waals surface area contributed by atoms with Crippen LogP contribution in [-0.4, -0.2) is 20.1 Å². The summed E-state index contributed by atoms with van der Waals surface area (Å²) in [4.78, 5) is 12.1. The molecule has 1 N–H and O–H groups in total. The van der Waals surface area contributed by atoms with Crippen LogP contribution in [0.25, 0.3) is 6.08 Å². The van der Waals surface area contributed by atoms with E-state index in [1.807, 2.05) is 0 Å². The van der Waals surface area contributed by atoms with Gasteiger partial charge in [-0.25, -0.2) is 0 Å². The van der Waals surface area contributed by atoms with E-state index in [0.717, 1.165) is 24.3 Å². The number of ether oxygens (including phenoxy) is 2. The molecule has 2 aromatic rings. The minimum absolute atomic E-state index is 0.00498. The first-order valence-electron chi connectivity index (χ1n) is 7.33. The summed E-state index contributed by atoms with van der Waals surface area (Å²) in [6.45, 7) is 0. The third-order valence-electron chi connectivity index (χ3n) is 3.42. The number of amides is 1. The number of alkyl halides is 3. The highest BCUT2D eigenvalue weighted by Gasteiger charge is 2.31. The summed E-state index contributed by atoms with van der Waals surface area (Å²) >= 11 is 5.86. The minimum atomic E-state index is -4.54. The van der Waals surface area contributed by atoms with Crippen molar-refractivity contribution < 1.29 is 27.4 Å². The van der Waals surface area contributed by atoms with Crippen LogP contribution in [0.4, 0.5) is 18.9 Å². The first kappa shape index (κ1) is 19.7. The van der Waals surface area contributed by atoms with Gasteiger partial charge in [0.05, 0.1) is 36.1 Å². The van der Waals surface area contributed by atoms with Gasteiger partial charge in [-0.15, -0.1) is 0 Å². The molecule has 1 amide bonds. The second kappa shape index (κ2) is 8.14. The van der Waals surface area contributed by atoms with Gasteiger partial charge in [0.25, 0.3) is 0 Å². The molecular weight excluding hydrogens is 371 g/mol. The lowest BCUT2D eigenvalue weighted by Crippen LogP contribution is -2.11. The first-order chi connectivity index (χ1) is 12.3. The molecule has 0 aliphatic rings. The number of halogens is 4. The summed E-state index contributed by atoms with van der Waals surface area (Å²) in [5.41, 5.74) is -0.529. The highest BCUT2D eigenvalue weighted by Crippen LogP contribution is 2.34. The molecule has 2 aromatic carbocycles. The molecule has 0 saturated heterocycles. The zero-order valence-corrected chi connectivity index (χ0v) is 14.6. The van der Waals surface area contributed by atoms with Gasteiger partial charge in [0.2, 0.25) is 5.91 Å². The summed E-state index contributed by atoms with van der Waals surface area (Å²) in [6, 6.07) is 7.78. The minimum Gasteiger partial charge on any atom is -0.496 e. The Balaban J connectivity index is 2.24. The molecule has 0 radical (unpaired) electrons. The highest BCUT2D eigenvalue weighted by molar-refractivity contribution is 6.33. The Morgan fingerprint density at radius 3 is 2.27 bits per heavy atom. The Labute approximate surface area is 153 Å². The van der Waals surface area contributed by atoms with Crippen molar-refractivity contribution in [1.29, 1.82) is 0 Å². The number of hydrogen-bond donors (Lipinski definition) is 1. The van der Waals surface area contributed by atoms with Crippen LogP contribution in [0.1, 0.15) is 11.1 Å². The third-order valence-corrected chi connectivity index (χ3v) is 3.75. The van der Waals surface area contributed by atoms with E-state index in [0.29, 0.717) is 17.1 Å². The Morgan fingerprint density at radius 2 is 1.73 bits per heavy atom. The first-order valence-corrected chi connectivity index (χ1v) is 7.71. The lowest BCUT2D eigenvalue weighted by atomic mass is 10.1. The zero-order valence-electron chi connectivity index (χ0n) is 13.9. The Morgan fingerprint density at radius 1 is 1.12 bits per heavy atom. The standard InChI is InChI=1S/C18H15ClF3NO3/c1-25-15-4-3-5-16(26-2)12(15)7-9-17(24)23-14-10-11(18(20,21)22)6-8-13(14)19/h3-10H,1-2H3,(H,23,24)/b9-7+. The summed E-state index contributed by atoms with van der Waals surface area (Å²) < 4.78 is 48.7. The molecule has 0 fully saturated rings. The van der Waals surface area contributed by atoms with Crippen LogP contribution in [0.3, 0.4) is 0 Å². The number of nitrogens with one attached hydrogen (secondary N) is 1. The van der Waals surface area contributed by atoms with Crippen LogP contribution >= 0.6 is 11.6 Å². The number of benzene rings is 2. The lowest BCUT2D eigenvalue weighted by molar-refractivity contribution is -0.137. The Kier molecular flexibility index (Phi) is 6.15. The predicted molar refractivity (Wildman–Crippen MR) is 93.7 cm³/mol. The second-order valence-corrected chi connectivity index (χ2v) is 5.50. The van der Waals surface area contributed by atoms with Crippen LogP contribution in [0.5, 0.6) is 11.5 Å². The van der Waals surface area contributed by atoms with Crippen LogP contribution in [0.15, 0.2) is 42.5 Å². The molecule has 4 nitrogen and oxygen atoms in total. The van der Waals surface area contributed by atoms with E-state index in [4.69, 9.17) is 21.1 Å². The number of carbonyl (C=O) groups excluding carboxylic acids is 1. The lowest BCUT2D eigenvalue weighted by Gasteiger charge is -2.11. The van der Waals surface area contributed by atoms with E-state index < -0.39 is 17.6 Å². The summed E-state index contributed by atoms with van der Waals surface area (Å²) in [7, 11) is 2.93. The van der Waals surface area contributed by atoms with Crippen molar-refractivity contribution in [3.05, 3.63) is 58.6 Å². The molecule has 0 bridgehead atoms. The monoisotopic (exact) mass is 385 g/mol. The maximum absolute atomic E-state index is 12.8. The molecule has 0 atom stereocenters. The summed E-state index contributed by atoms with van der Waals surface area (Å²) in [5, 5.41) is 2.32. The topological polar surface area (TPSA) is 47.6 Å². The maximum Gasteiger partial charge on any atom is 0.416 e. The largest absolute Gasteiger partial charge is 0.496 e. The van der Waals surface area contributed by atoms with Gasteiger partial charge >= 0.3 is 6.18 Å². The smallest absolute Gasteiger partial charge is 0.416 e. The van der Waals surface area contributed by atoms with Crippen molar-refractivity contribution in [3.8, 4) is 11.5 Å². The molecule has 2 rings (SSSR count). The fourth-order valence-electron chi connectivity index (χ4n) is 2.17. The molecule has 0 unspecified atom stereocenters. The molecular formula is C18H15ClF3NO3. The molecule has 8 heteroatoms. The van der Waals surface area contributed by atoms with Crippen molar-refractivity contribution in [1.82, 2.24) is 0 Å². The average molecular weight is 386 g/mol. The summed E-state index contributed by atoms with van der Waals surface area (Å²) in [6.07, 6.45) is -1.95. The second-order valence-electron chi connectivity index (χ2n) is 5.09. The predicted octanol–water partition coefficient (Wildman–Crippen LogP) is 5.03. The van der Waals surface area contributed by atoms with Crippen molar-refractivity contribution in [2.24, 2.45) is 0 Å². The quantitative estimate of drug-likeness (QED) is 0.734. The van der Waals surface area contributed by atoms with Crippen molar-refractivity contribution in [2.45, 2.75) is 6.18 Å². The molecule has 0 aliphatic heterocycles. The van der Waals surface area contributed by atoms with Gasteiger partial charge in [-0.2, -0.15) is 13.2 Å². The van der Waals surface area contributed by atoms with E-state index in [2.05, 4.69) is 5.32 Å². The van der Waals surface area contributed by atoms with E-state index in [1.54, 1.807) is 18.2 Å². The van der Waals surface area contributed by atoms with Crippen molar-refractivity contribution >= 4 is 29.3 Å². The van der Waals surface area contributed by atoms with E-state index in [-0.39, 0.29) is 10.7 Å². The van der Waals surface area contributed by atoms with Crippen LogP contribution < -0.4 is 14.8 Å². The van der Waals surface area contributed by atoms with Gasteiger partial charge in [0.15, 0.2) is 0 Å². The third kappa shape index (κ3) is 4.70. The molecule has 138 valence electrons. The van der Waals surface area contributed by atoms with Gasteiger partial charge in [-0.1, -0.05) is 17.7 Å². The number of methoxy groups -OCH3 is 2. The molecule has 0 aliphatic carbocycles. The normalized spacial score (nSPS) is 11.5. The van der Waals surface area contributed by atoms with Gasteiger partial charge < -0.3 is 14.8 Å². The number of hydrogen-bond acceptors (Lipinski definition) is 3. The van der Waals surface area contributed by atoms with Crippen LogP contribution in [0.2, 0.25) is 5.02 Å². The van der Waals surface area contributed by atoms with Crippen LogP contribution in [0, 0.1) is 0 Å². The molecule has 26 heavy (non-hydrogen) atoms. The van der Waals surface area contributed by atoms with E-state index in [1.165, 1.54) is 20.3 Å².